The number of anilines is 1. The number of thiazole rings is 1. The van der Waals surface area contributed by atoms with E-state index in [-0.39, 0.29) is 28.0 Å². The number of carboxylic acids is 1. The molecule has 20 heteroatoms. The van der Waals surface area contributed by atoms with Gasteiger partial charge in [0.25, 0.3) is 11.8 Å². The molecule has 198 valence electrons. The number of fused-ring (bicyclic) bond motifs is 2. The number of tetrazole rings is 1. The number of hydrogen-bond donors (Lipinski definition) is 3. The molecule has 0 bridgehead atoms. The second-order valence-corrected chi connectivity index (χ2v) is 10.5. The number of hydrogen-bond acceptors (Lipinski definition) is 14. The predicted molar refractivity (Wildman–Crippen MR) is 129 cm³/mol. The van der Waals surface area contributed by atoms with Crippen LogP contribution in [0.3, 0.4) is 0 Å². The van der Waals surface area contributed by atoms with Crippen molar-refractivity contribution in [2.24, 2.45) is 5.16 Å². The molecule has 5 heterocycles. The number of oxime groups is 1. The fourth-order valence-corrected chi connectivity index (χ4v) is 6.45. The lowest BCUT2D eigenvalue weighted by Gasteiger charge is -2.49. The number of halogens is 2. The second kappa shape index (κ2) is 10.5. The van der Waals surface area contributed by atoms with Crippen molar-refractivity contribution in [2.45, 2.75) is 23.1 Å². The maximum atomic E-state index is 12.9. The number of nitrogens with one attached hydrogen (secondary N) is 1. The number of nitrogens with two attached hydrogens (primary N) is 1. The summed E-state index contributed by atoms with van der Waals surface area (Å²) in [6.45, 7) is -3.30. The summed E-state index contributed by atoms with van der Waals surface area (Å²) in [5, 5.41) is 31.8. The topological polar surface area (TPSA) is 203 Å². The molecule has 2 amide bonds. The number of aliphatic carboxylic acids is 1. The van der Waals surface area contributed by atoms with E-state index in [1.807, 2.05) is 0 Å². The van der Waals surface area contributed by atoms with Crippen molar-refractivity contribution < 1.29 is 33.1 Å². The van der Waals surface area contributed by atoms with E-state index in [4.69, 9.17) is 5.73 Å². The lowest BCUT2D eigenvalue weighted by molar-refractivity contribution is -0.150. The number of rotatable bonds is 9. The molecular weight excluding hydrogens is 570 g/mol. The van der Waals surface area contributed by atoms with Gasteiger partial charge in [0, 0.05) is 16.9 Å². The van der Waals surface area contributed by atoms with E-state index in [0.29, 0.717) is 16.2 Å². The molecule has 4 N–H and O–H groups in total. The summed E-state index contributed by atoms with van der Waals surface area (Å²) in [5.74, 6) is -2.54. The van der Waals surface area contributed by atoms with Crippen LogP contribution < -0.4 is 11.1 Å². The van der Waals surface area contributed by atoms with Crippen LogP contribution in [0.2, 0.25) is 0 Å². The zero-order valence-electron chi connectivity index (χ0n) is 18.6. The fraction of sp³-hybridized carbons (Fsp3) is 0.278. The van der Waals surface area contributed by atoms with Crippen LogP contribution in [0.25, 0.3) is 5.65 Å². The summed E-state index contributed by atoms with van der Waals surface area (Å²) >= 11 is 3.42. The Bertz CT molecular complexity index is 1490. The molecule has 2 aliphatic rings. The quantitative estimate of drug-likeness (QED) is 0.132. The van der Waals surface area contributed by atoms with Gasteiger partial charge in [0.05, 0.1) is 0 Å². The molecule has 3 aromatic rings. The lowest BCUT2D eigenvalue weighted by Crippen LogP contribution is -2.71. The summed E-state index contributed by atoms with van der Waals surface area (Å²) in [6.07, 6.45) is 0. The van der Waals surface area contributed by atoms with Crippen molar-refractivity contribution in [1.82, 2.24) is 40.5 Å². The normalized spacial score (nSPS) is 19.5. The van der Waals surface area contributed by atoms with Crippen LogP contribution in [0, 0.1) is 0 Å². The molecule has 2 aliphatic heterocycles. The number of β-lactam (4-membered cyclic amide) rings is 1. The Kier molecular flexibility index (Phi) is 7.08. The first-order chi connectivity index (χ1) is 18.2. The standard InChI is InChI=1S/C18H14F2N10O5S3/c19-17(20)35-26-10(7-5-38-18(21)22-7)13(31)23-11-14(32)29-12(16(33)34)6(4-37-15(11)29)3-36-9-2-1-8-24-27-28-30(8)25-9/h1-2,5,11,15,17H,3-4H2,(H2,21,22)(H,23,31)(H,33,34)/t11?,15-/m0/s1. The first kappa shape index (κ1) is 25.7. The number of alkyl halides is 2. The molecule has 2 atom stereocenters. The second-order valence-electron chi connectivity index (χ2n) is 7.48. The number of nitrogen functional groups attached to an aromatic ring is 1. The highest BCUT2D eigenvalue weighted by atomic mass is 32.2. The Balaban J connectivity index is 1.31. The van der Waals surface area contributed by atoms with Gasteiger partial charge in [0.2, 0.25) is 0 Å². The molecule has 1 unspecified atom stereocenters. The summed E-state index contributed by atoms with van der Waals surface area (Å²) in [5.41, 5.74) is 5.55. The summed E-state index contributed by atoms with van der Waals surface area (Å²) in [7, 11) is 0. The van der Waals surface area contributed by atoms with Crippen LogP contribution in [0.5, 0.6) is 0 Å². The van der Waals surface area contributed by atoms with Gasteiger partial charge in [-0.2, -0.15) is 8.78 Å². The highest BCUT2D eigenvalue weighted by molar-refractivity contribution is 8.01. The SMILES string of the molecule is Nc1nc(C(=NOC(F)F)C(=O)NC2C(=O)N3C(C(=O)O)=C(CSc4ccc5nnnn5n4)CS[C@@H]23)cs1. The van der Waals surface area contributed by atoms with Gasteiger partial charge in [0.15, 0.2) is 16.5 Å². The Hall–Kier alpha value is -3.91. The number of aromatic nitrogens is 6. The molecule has 5 rings (SSSR count). The van der Waals surface area contributed by atoms with Crippen molar-refractivity contribution in [3.63, 3.8) is 0 Å². The van der Waals surface area contributed by atoms with E-state index in [9.17, 15) is 28.3 Å². The van der Waals surface area contributed by atoms with Gasteiger partial charge < -0.3 is 21.0 Å². The van der Waals surface area contributed by atoms with Crippen molar-refractivity contribution in [2.75, 3.05) is 17.2 Å². The minimum Gasteiger partial charge on any atom is -0.477 e. The Morgan fingerprint density at radius 2 is 2.21 bits per heavy atom. The third-order valence-electron chi connectivity index (χ3n) is 5.18. The third-order valence-corrected chi connectivity index (χ3v) is 8.20. The first-order valence-corrected chi connectivity index (χ1v) is 13.3. The number of carboxylic acid groups (broad SMARTS) is 1. The minimum atomic E-state index is -3.30. The maximum absolute atomic E-state index is 12.9. The molecule has 15 nitrogen and oxygen atoms in total. The first-order valence-electron chi connectivity index (χ1n) is 10.4. The fourth-order valence-electron chi connectivity index (χ4n) is 3.57. The number of amides is 2. The zero-order valence-corrected chi connectivity index (χ0v) is 21.0. The van der Waals surface area contributed by atoms with E-state index in [1.54, 1.807) is 12.1 Å². The lowest BCUT2D eigenvalue weighted by atomic mass is 10.0. The van der Waals surface area contributed by atoms with E-state index < -0.39 is 41.5 Å². The molecule has 0 spiro atoms. The van der Waals surface area contributed by atoms with Crippen molar-refractivity contribution in [1.29, 1.82) is 0 Å². The molecule has 1 saturated heterocycles. The number of carbonyl (C=O) groups excluding carboxylic acids is 2. The minimum absolute atomic E-state index is 0.0565. The molecular formula is C18H14F2N10O5S3. The average Bonchev–Trinajstić information content (AvgIpc) is 3.53. The largest absolute Gasteiger partial charge is 0.477 e. The average molecular weight is 585 g/mol. The smallest absolute Gasteiger partial charge is 0.407 e. The monoisotopic (exact) mass is 584 g/mol. The van der Waals surface area contributed by atoms with Crippen molar-refractivity contribution >= 4 is 69.1 Å². The maximum Gasteiger partial charge on any atom is 0.407 e. The van der Waals surface area contributed by atoms with Gasteiger partial charge in [-0.05, 0) is 28.1 Å². The summed E-state index contributed by atoms with van der Waals surface area (Å²) < 4.78 is 26.3. The highest BCUT2D eigenvalue weighted by Gasteiger charge is 2.54. The Morgan fingerprint density at radius 3 is 2.92 bits per heavy atom. The van der Waals surface area contributed by atoms with E-state index in [0.717, 1.165) is 16.2 Å². The predicted octanol–water partition coefficient (Wildman–Crippen LogP) is 0.0322. The number of carbonyl (C=O) groups is 3. The van der Waals surface area contributed by atoms with Gasteiger partial charge in [-0.15, -0.1) is 49.7 Å². The molecule has 0 aromatic carbocycles. The van der Waals surface area contributed by atoms with Gasteiger partial charge in [0.1, 0.15) is 27.8 Å². The van der Waals surface area contributed by atoms with Crippen LogP contribution >= 0.6 is 34.9 Å². The molecule has 0 radical (unpaired) electrons. The zero-order chi connectivity index (χ0) is 27.0. The molecule has 3 aromatic heterocycles. The number of nitrogens with zero attached hydrogens (tertiary/aromatic N) is 8. The molecule has 0 saturated carbocycles. The van der Waals surface area contributed by atoms with Crippen LogP contribution in [0.4, 0.5) is 13.9 Å². The van der Waals surface area contributed by atoms with Crippen molar-refractivity contribution in [3.05, 3.63) is 34.5 Å². The van der Waals surface area contributed by atoms with Crippen LogP contribution in [0.15, 0.2) is 39.0 Å². The van der Waals surface area contributed by atoms with Crippen LogP contribution in [0.1, 0.15) is 5.69 Å². The van der Waals surface area contributed by atoms with Crippen LogP contribution in [-0.4, -0.2) is 93.3 Å². The third kappa shape index (κ3) is 4.96. The van der Waals surface area contributed by atoms with Gasteiger partial charge in [-0.3, -0.25) is 14.5 Å². The number of thioether (sulfide) groups is 2. The highest BCUT2D eigenvalue weighted by Crippen LogP contribution is 2.41. The summed E-state index contributed by atoms with van der Waals surface area (Å²) in [6, 6.07) is 2.21. The van der Waals surface area contributed by atoms with Gasteiger partial charge >= 0.3 is 12.6 Å². The Labute approximate surface area is 222 Å². The van der Waals surface area contributed by atoms with Gasteiger partial charge in [-0.25, -0.2) is 9.78 Å². The molecule has 38 heavy (non-hydrogen) atoms. The summed E-state index contributed by atoms with van der Waals surface area (Å²) in [4.78, 5) is 46.7. The Morgan fingerprint density at radius 1 is 1.39 bits per heavy atom. The molecule has 1 fully saturated rings. The van der Waals surface area contributed by atoms with E-state index >= 15 is 0 Å². The van der Waals surface area contributed by atoms with Crippen molar-refractivity contribution in [3.8, 4) is 0 Å². The molecule has 0 aliphatic carbocycles. The van der Waals surface area contributed by atoms with Crippen LogP contribution in [-0.2, 0) is 19.2 Å². The van der Waals surface area contributed by atoms with Gasteiger partial charge in [-0.1, -0.05) is 5.16 Å². The van der Waals surface area contributed by atoms with E-state index in [2.05, 4.69) is 40.9 Å². The van der Waals surface area contributed by atoms with E-state index in [1.165, 1.54) is 33.5 Å².